The third-order valence-corrected chi connectivity index (χ3v) is 5.53. The van der Waals surface area contributed by atoms with Crippen LogP contribution in [-0.2, 0) is 16.0 Å². The molecular weight excluding hydrogens is 338 g/mol. The number of carbonyl (C=O) groups is 1. The third-order valence-electron chi connectivity index (χ3n) is 3.86. The Morgan fingerprint density at radius 2 is 1.96 bits per heavy atom. The Morgan fingerprint density at radius 1 is 1.25 bits per heavy atom. The summed E-state index contributed by atoms with van der Waals surface area (Å²) in [5.74, 6) is -0.348. The van der Waals surface area contributed by atoms with Gasteiger partial charge in [0, 0.05) is 25.1 Å². The van der Waals surface area contributed by atoms with E-state index in [0.717, 1.165) is 6.07 Å². The molecule has 2 aliphatic rings. The molecule has 0 N–H and O–H groups in total. The monoisotopic (exact) mass is 349 g/mol. The van der Waals surface area contributed by atoms with Crippen LogP contribution in [-0.4, -0.2) is 31.6 Å². The Kier molecular flexibility index (Phi) is 3.85. The van der Waals surface area contributed by atoms with Crippen molar-refractivity contribution in [2.24, 2.45) is 0 Å². The average molecular weight is 349 g/mol. The van der Waals surface area contributed by atoms with E-state index in [-0.39, 0.29) is 22.2 Å². The van der Waals surface area contributed by atoms with Crippen molar-refractivity contribution in [3.8, 4) is 0 Å². The quantitative estimate of drug-likeness (QED) is 0.452. The van der Waals surface area contributed by atoms with Crippen LogP contribution in [0.4, 0.5) is 11.4 Å². The fourth-order valence-electron chi connectivity index (χ4n) is 2.84. The standard InChI is InChI=1S/C14H11N3O6S/c1-8(18)15-11-4-2-9(16(19)20)6-13(11)24(23)14-7-10(17(21)22)3-5-12(14)15/h2-7,11,13H,1H3. The Balaban J connectivity index is 2.17. The van der Waals surface area contributed by atoms with Crippen molar-refractivity contribution in [1.82, 2.24) is 0 Å². The molecular formula is C14H11N3O6S. The van der Waals surface area contributed by atoms with Gasteiger partial charge in [0.1, 0.15) is 11.7 Å². The lowest BCUT2D eigenvalue weighted by atomic mass is 10.0. The molecule has 3 unspecified atom stereocenters. The number of amides is 1. The van der Waals surface area contributed by atoms with Gasteiger partial charge in [-0.3, -0.25) is 29.9 Å². The van der Waals surface area contributed by atoms with Gasteiger partial charge < -0.3 is 4.55 Å². The fourth-order valence-corrected chi connectivity index (χ4v) is 4.47. The number of carbonyl (C=O) groups excluding carboxylic acids is 1. The van der Waals surface area contributed by atoms with Gasteiger partial charge in [-0.1, -0.05) is 0 Å². The number of allylic oxidation sites excluding steroid dienone is 1. The molecule has 0 saturated heterocycles. The second-order valence-electron chi connectivity index (χ2n) is 5.26. The van der Waals surface area contributed by atoms with Gasteiger partial charge >= 0.3 is 0 Å². The molecule has 1 amide bonds. The highest BCUT2D eigenvalue weighted by molar-refractivity contribution is 7.92. The minimum Gasteiger partial charge on any atom is -0.611 e. The molecule has 1 aromatic carbocycles. The van der Waals surface area contributed by atoms with Crippen LogP contribution < -0.4 is 4.90 Å². The summed E-state index contributed by atoms with van der Waals surface area (Å²) in [4.78, 5) is 34.2. The van der Waals surface area contributed by atoms with Crippen molar-refractivity contribution in [3.63, 3.8) is 0 Å². The van der Waals surface area contributed by atoms with Gasteiger partial charge in [-0.05, 0) is 23.3 Å². The Labute approximate surface area is 138 Å². The molecule has 3 atom stereocenters. The first-order valence-corrected chi connectivity index (χ1v) is 8.06. The summed E-state index contributed by atoms with van der Waals surface area (Å²) in [6, 6.07) is 3.12. The van der Waals surface area contributed by atoms with E-state index in [2.05, 4.69) is 0 Å². The Bertz CT molecular complexity index is 821. The first-order valence-electron chi connectivity index (χ1n) is 6.84. The maximum Gasteiger partial charge on any atom is 0.274 e. The lowest BCUT2D eigenvalue weighted by Crippen LogP contribution is -2.52. The van der Waals surface area contributed by atoms with Crippen LogP contribution >= 0.6 is 0 Å². The summed E-state index contributed by atoms with van der Waals surface area (Å²) in [5, 5.41) is 21.1. The lowest BCUT2D eigenvalue weighted by Gasteiger charge is -2.39. The first kappa shape index (κ1) is 16.1. The molecule has 1 aliphatic heterocycles. The van der Waals surface area contributed by atoms with Gasteiger partial charge in [-0.2, -0.15) is 0 Å². The van der Waals surface area contributed by atoms with Gasteiger partial charge in [0.05, 0.1) is 15.9 Å². The summed E-state index contributed by atoms with van der Waals surface area (Å²) >= 11 is -1.76. The van der Waals surface area contributed by atoms with E-state index in [9.17, 15) is 29.6 Å². The van der Waals surface area contributed by atoms with Crippen LogP contribution in [0.2, 0.25) is 0 Å². The summed E-state index contributed by atoms with van der Waals surface area (Å²) in [6.07, 6.45) is 3.97. The van der Waals surface area contributed by atoms with E-state index in [4.69, 9.17) is 0 Å². The maximum absolute atomic E-state index is 12.8. The van der Waals surface area contributed by atoms with Crippen molar-refractivity contribution < 1.29 is 19.2 Å². The van der Waals surface area contributed by atoms with Crippen LogP contribution in [0, 0.1) is 20.2 Å². The van der Waals surface area contributed by atoms with Crippen LogP contribution in [0.3, 0.4) is 0 Å². The molecule has 1 heterocycles. The summed E-state index contributed by atoms with van der Waals surface area (Å²) in [7, 11) is 0. The van der Waals surface area contributed by atoms with E-state index in [1.807, 2.05) is 0 Å². The fraction of sp³-hybridized carbons (Fsp3) is 0.214. The molecule has 1 aliphatic carbocycles. The number of non-ortho nitro benzene ring substituents is 1. The van der Waals surface area contributed by atoms with Gasteiger partial charge in [-0.25, -0.2) is 0 Å². The minimum absolute atomic E-state index is 0.120. The number of hydrogen-bond acceptors (Lipinski definition) is 6. The zero-order valence-corrected chi connectivity index (χ0v) is 13.1. The summed E-state index contributed by atoms with van der Waals surface area (Å²) < 4.78 is 12.8. The highest BCUT2D eigenvalue weighted by Gasteiger charge is 2.47. The third kappa shape index (κ3) is 2.45. The minimum atomic E-state index is -1.76. The average Bonchev–Trinajstić information content (AvgIpc) is 2.54. The van der Waals surface area contributed by atoms with Crippen LogP contribution in [0.5, 0.6) is 0 Å². The van der Waals surface area contributed by atoms with Crippen molar-refractivity contribution in [3.05, 3.63) is 62.4 Å². The van der Waals surface area contributed by atoms with Gasteiger partial charge in [-0.15, -0.1) is 0 Å². The van der Waals surface area contributed by atoms with Crippen molar-refractivity contribution in [2.45, 2.75) is 23.1 Å². The van der Waals surface area contributed by atoms with Crippen molar-refractivity contribution >= 4 is 28.5 Å². The van der Waals surface area contributed by atoms with Crippen LogP contribution in [0.15, 0.2) is 47.0 Å². The molecule has 1 aromatic rings. The van der Waals surface area contributed by atoms with E-state index in [0.29, 0.717) is 5.69 Å². The number of nitro benzene ring substituents is 1. The van der Waals surface area contributed by atoms with Gasteiger partial charge in [0.15, 0.2) is 10.1 Å². The molecule has 3 rings (SSSR count). The predicted octanol–water partition coefficient (Wildman–Crippen LogP) is 1.54. The SMILES string of the molecule is CC(=O)N1c2ccc([N+](=O)[O-])cc2[S+]([O-])C2C=C([N+](=O)[O-])C=CC21. The normalized spacial score (nSPS) is 24.7. The molecule has 0 aromatic heterocycles. The smallest absolute Gasteiger partial charge is 0.274 e. The Hall–Kier alpha value is -2.72. The molecule has 9 nitrogen and oxygen atoms in total. The predicted molar refractivity (Wildman–Crippen MR) is 84.5 cm³/mol. The van der Waals surface area contributed by atoms with Gasteiger partial charge in [0.2, 0.25) is 5.91 Å². The zero-order valence-electron chi connectivity index (χ0n) is 12.3. The lowest BCUT2D eigenvalue weighted by molar-refractivity contribution is -0.419. The summed E-state index contributed by atoms with van der Waals surface area (Å²) in [6.45, 7) is 1.32. The molecule has 10 heteroatoms. The number of nitro groups is 2. The van der Waals surface area contributed by atoms with E-state index in [1.54, 1.807) is 0 Å². The van der Waals surface area contributed by atoms with E-state index < -0.39 is 32.3 Å². The number of nitrogens with zero attached hydrogens (tertiary/aromatic N) is 3. The van der Waals surface area contributed by atoms with Crippen LogP contribution in [0.1, 0.15) is 6.92 Å². The highest BCUT2D eigenvalue weighted by Crippen LogP contribution is 2.41. The molecule has 0 fully saturated rings. The second-order valence-corrected chi connectivity index (χ2v) is 6.84. The van der Waals surface area contributed by atoms with Crippen molar-refractivity contribution in [1.29, 1.82) is 0 Å². The number of fused-ring (bicyclic) bond motifs is 2. The second kappa shape index (κ2) is 5.73. The number of benzene rings is 1. The largest absolute Gasteiger partial charge is 0.611 e. The molecule has 0 radical (unpaired) electrons. The number of anilines is 1. The first-order chi connectivity index (χ1) is 11.3. The topological polar surface area (TPSA) is 130 Å². The molecule has 24 heavy (non-hydrogen) atoms. The van der Waals surface area contributed by atoms with E-state index >= 15 is 0 Å². The molecule has 0 bridgehead atoms. The van der Waals surface area contributed by atoms with Gasteiger partial charge in [0.25, 0.3) is 11.4 Å². The molecule has 0 saturated carbocycles. The number of rotatable bonds is 2. The molecule has 124 valence electrons. The Morgan fingerprint density at radius 3 is 2.54 bits per heavy atom. The zero-order chi connectivity index (χ0) is 17.6. The van der Waals surface area contributed by atoms with Crippen molar-refractivity contribution in [2.75, 3.05) is 4.90 Å². The van der Waals surface area contributed by atoms with E-state index in [1.165, 1.54) is 42.2 Å². The maximum atomic E-state index is 12.8. The number of hydrogen-bond donors (Lipinski definition) is 0. The summed E-state index contributed by atoms with van der Waals surface area (Å²) in [5.41, 5.74) is -0.161. The van der Waals surface area contributed by atoms with Crippen LogP contribution in [0.25, 0.3) is 0 Å². The molecule has 0 spiro atoms. The highest BCUT2D eigenvalue weighted by atomic mass is 32.2.